The van der Waals surface area contributed by atoms with Gasteiger partial charge in [0.15, 0.2) is 0 Å². The second-order valence-corrected chi connectivity index (χ2v) is 5.41. The summed E-state index contributed by atoms with van der Waals surface area (Å²) in [6.07, 6.45) is 7.13. The molecule has 0 atom stereocenters. The first-order valence-corrected chi connectivity index (χ1v) is 7.17. The lowest BCUT2D eigenvalue weighted by molar-refractivity contribution is -0.117. The molecule has 0 heterocycles. The Morgan fingerprint density at radius 3 is 2.28 bits per heavy atom. The molecule has 2 aliphatic carbocycles. The lowest BCUT2D eigenvalue weighted by atomic mass is 9.92. The van der Waals surface area contributed by atoms with Crippen LogP contribution in [0.3, 0.4) is 0 Å². The number of fused-ring (bicyclic) bond motifs is 2. The zero-order chi connectivity index (χ0) is 12.5. The molecule has 0 aromatic heterocycles. The fourth-order valence-corrected chi connectivity index (χ4v) is 3.52. The van der Waals surface area contributed by atoms with Gasteiger partial charge in [-0.05, 0) is 66.3 Å². The van der Waals surface area contributed by atoms with Crippen molar-refractivity contribution in [2.24, 2.45) is 4.36 Å². The number of hydrogen-bond acceptors (Lipinski definition) is 2. The van der Waals surface area contributed by atoms with E-state index < -0.39 is 0 Å². The average molecular weight is 261 g/mol. The Labute approximate surface area is 110 Å². The minimum Gasteiger partial charge on any atom is -0.271 e. The van der Waals surface area contributed by atoms with Crippen molar-refractivity contribution in [1.82, 2.24) is 0 Å². The van der Waals surface area contributed by atoms with Crippen LogP contribution < -0.4 is 0 Å². The van der Waals surface area contributed by atoms with Gasteiger partial charge in [-0.3, -0.25) is 4.79 Å². The Balaban J connectivity index is 2.06. The molecule has 94 valence electrons. The maximum absolute atomic E-state index is 11.6. The van der Waals surface area contributed by atoms with Gasteiger partial charge >= 0.3 is 0 Å². The van der Waals surface area contributed by atoms with Crippen molar-refractivity contribution in [3.8, 4) is 0 Å². The highest BCUT2D eigenvalue weighted by Crippen LogP contribution is 2.35. The molecule has 0 spiro atoms. The Morgan fingerprint density at radius 2 is 1.72 bits per heavy atom. The molecule has 4 heteroatoms. The number of hydrogen-bond donors (Lipinski definition) is 0. The average Bonchev–Trinajstić information content (AvgIpc) is 2.96. The maximum atomic E-state index is 11.6. The number of carbonyl (C=O) groups is 1. The number of amides is 1. The molecule has 3 rings (SSSR count). The van der Waals surface area contributed by atoms with E-state index in [0.29, 0.717) is 6.42 Å². The molecule has 0 fully saturated rings. The van der Waals surface area contributed by atoms with Gasteiger partial charge in [0.1, 0.15) is 0 Å². The van der Waals surface area contributed by atoms with Crippen molar-refractivity contribution >= 4 is 17.4 Å². The van der Waals surface area contributed by atoms with Gasteiger partial charge in [-0.1, -0.05) is 6.07 Å². The number of nitrogens with zero attached hydrogens (tertiary/aromatic N) is 1. The van der Waals surface area contributed by atoms with E-state index in [-0.39, 0.29) is 17.4 Å². The van der Waals surface area contributed by atoms with Crippen molar-refractivity contribution in [1.29, 1.82) is 0 Å². The van der Waals surface area contributed by atoms with Crippen molar-refractivity contribution in [2.45, 2.75) is 44.9 Å². The Hall–Kier alpha value is -1.29. The molecule has 3 nitrogen and oxygen atoms in total. The predicted octanol–water partition coefficient (Wildman–Crippen LogP) is 2.13. The normalized spacial score (nSPS) is 16.2. The van der Waals surface area contributed by atoms with Gasteiger partial charge in [0.05, 0.1) is 6.42 Å². The number of carbonyl (C=O) groups excluding carboxylic acids is 1. The van der Waals surface area contributed by atoms with Crippen molar-refractivity contribution in [3.05, 3.63) is 33.9 Å². The molecule has 0 saturated carbocycles. The molecule has 0 radical (unpaired) electrons. The van der Waals surface area contributed by atoms with E-state index >= 15 is 0 Å². The van der Waals surface area contributed by atoms with Crippen molar-refractivity contribution in [3.63, 3.8) is 0 Å². The lowest BCUT2D eigenvalue weighted by Crippen LogP contribution is -2.06. The fraction of sp³-hybridized carbons (Fsp3) is 0.500. The predicted molar refractivity (Wildman–Crippen MR) is 69.8 cm³/mol. The summed E-state index contributed by atoms with van der Waals surface area (Å²) in [6, 6.07) is 2.35. The number of rotatable bonds is 2. The largest absolute Gasteiger partial charge is 0.271 e. The van der Waals surface area contributed by atoms with Crippen LogP contribution in [0.2, 0.25) is 0 Å². The van der Waals surface area contributed by atoms with E-state index in [9.17, 15) is 9.00 Å². The molecule has 18 heavy (non-hydrogen) atoms. The van der Waals surface area contributed by atoms with E-state index in [1.54, 1.807) is 0 Å². The number of benzene rings is 1. The van der Waals surface area contributed by atoms with Crippen LogP contribution in [0.15, 0.2) is 10.4 Å². The number of aryl methyl sites for hydroxylation is 2. The summed E-state index contributed by atoms with van der Waals surface area (Å²) in [7, 11) is 0. The minimum absolute atomic E-state index is 0.0210. The fourth-order valence-electron chi connectivity index (χ4n) is 3.37. The van der Waals surface area contributed by atoms with Crippen LogP contribution in [0.4, 0.5) is 0 Å². The molecule has 1 amide bonds. The summed E-state index contributed by atoms with van der Waals surface area (Å²) in [4.78, 5) is 11.6. The molecule has 0 bridgehead atoms. The summed E-state index contributed by atoms with van der Waals surface area (Å²) >= 11 is 0.0210. The summed E-state index contributed by atoms with van der Waals surface area (Å²) in [5.41, 5.74) is 6.78. The van der Waals surface area contributed by atoms with Crippen LogP contribution in [0.25, 0.3) is 0 Å². The maximum Gasteiger partial charge on any atom is 0.263 e. The van der Waals surface area contributed by atoms with Crippen molar-refractivity contribution < 1.29 is 9.00 Å². The smallest absolute Gasteiger partial charge is 0.263 e. The van der Waals surface area contributed by atoms with Gasteiger partial charge in [0, 0.05) is 0 Å². The SMILES string of the molecule is O=S=NC(=O)Cc1c2c(cc3c1CCC3)CCC2. The lowest BCUT2D eigenvalue weighted by Gasteiger charge is -2.13. The summed E-state index contributed by atoms with van der Waals surface area (Å²) in [5, 5.41) is 0. The van der Waals surface area contributed by atoms with Gasteiger partial charge in [-0.2, -0.15) is 4.21 Å². The highest BCUT2D eigenvalue weighted by Gasteiger charge is 2.24. The van der Waals surface area contributed by atoms with Gasteiger partial charge in [0.25, 0.3) is 5.91 Å². The van der Waals surface area contributed by atoms with Gasteiger partial charge in [-0.15, -0.1) is 4.36 Å². The Morgan fingerprint density at radius 1 is 1.11 bits per heavy atom. The van der Waals surface area contributed by atoms with Gasteiger partial charge in [-0.25, -0.2) is 0 Å². The van der Waals surface area contributed by atoms with Gasteiger partial charge < -0.3 is 0 Å². The topological polar surface area (TPSA) is 46.5 Å². The monoisotopic (exact) mass is 261 g/mol. The highest BCUT2D eigenvalue weighted by molar-refractivity contribution is 7.55. The van der Waals surface area contributed by atoms with Crippen LogP contribution in [0.1, 0.15) is 40.7 Å². The molecule has 2 aliphatic rings. The zero-order valence-corrected chi connectivity index (χ0v) is 11.0. The van der Waals surface area contributed by atoms with E-state index in [2.05, 4.69) is 10.4 Å². The Kier molecular flexibility index (Phi) is 3.12. The van der Waals surface area contributed by atoms with Crippen LogP contribution in [0, 0.1) is 0 Å². The van der Waals surface area contributed by atoms with Crippen LogP contribution in [-0.2, 0) is 48.4 Å². The summed E-state index contributed by atoms with van der Waals surface area (Å²) < 4.78 is 13.7. The standard InChI is InChI=1S/C14H15NO2S/c16-14(15-18-17)8-13-11-5-1-3-9(11)7-10-4-2-6-12(10)13/h7H,1-6,8H2. The molecule has 0 N–H and O–H groups in total. The first-order chi connectivity index (χ1) is 8.79. The molecule has 0 unspecified atom stereocenters. The summed E-state index contributed by atoms with van der Waals surface area (Å²) in [5.74, 6) is -0.288. The van der Waals surface area contributed by atoms with E-state index in [1.807, 2.05) is 0 Å². The van der Waals surface area contributed by atoms with E-state index in [4.69, 9.17) is 0 Å². The third-order valence-electron chi connectivity index (χ3n) is 4.07. The zero-order valence-electron chi connectivity index (χ0n) is 10.2. The third kappa shape index (κ3) is 1.94. The van der Waals surface area contributed by atoms with E-state index in [1.165, 1.54) is 40.7 Å². The second-order valence-electron chi connectivity index (χ2n) is 5.07. The van der Waals surface area contributed by atoms with Gasteiger partial charge in [0.2, 0.25) is 11.5 Å². The molecular formula is C14H15NO2S. The molecule has 1 aromatic carbocycles. The first-order valence-electron chi connectivity index (χ1n) is 6.48. The van der Waals surface area contributed by atoms with Crippen LogP contribution >= 0.6 is 0 Å². The van der Waals surface area contributed by atoms with E-state index in [0.717, 1.165) is 25.7 Å². The second kappa shape index (κ2) is 4.76. The summed E-state index contributed by atoms with van der Waals surface area (Å²) in [6.45, 7) is 0. The van der Waals surface area contributed by atoms with Crippen LogP contribution in [-0.4, -0.2) is 10.1 Å². The molecular weight excluding hydrogens is 246 g/mol. The first kappa shape index (κ1) is 11.8. The quantitative estimate of drug-likeness (QED) is 0.818. The molecule has 0 saturated heterocycles. The third-order valence-corrected chi connectivity index (χ3v) is 4.34. The van der Waals surface area contributed by atoms with Crippen molar-refractivity contribution in [2.75, 3.05) is 0 Å². The minimum atomic E-state index is -0.288. The molecule has 1 aromatic rings. The molecule has 0 aliphatic heterocycles. The highest BCUT2D eigenvalue weighted by atomic mass is 32.1. The van der Waals surface area contributed by atoms with Crippen LogP contribution in [0.5, 0.6) is 0 Å². The Bertz CT molecular complexity index is 541.